The lowest BCUT2D eigenvalue weighted by atomic mass is 10.2. The van der Waals surface area contributed by atoms with Gasteiger partial charge in [-0.2, -0.15) is 0 Å². The molecule has 2 aromatic heterocycles. The van der Waals surface area contributed by atoms with E-state index in [0.717, 1.165) is 35.0 Å². The van der Waals surface area contributed by atoms with Crippen LogP contribution in [-0.2, 0) is 17.6 Å². The fourth-order valence-electron chi connectivity index (χ4n) is 2.92. The van der Waals surface area contributed by atoms with Crippen molar-refractivity contribution in [3.05, 3.63) is 52.8 Å². The van der Waals surface area contributed by atoms with E-state index in [4.69, 9.17) is 0 Å². The minimum Gasteiger partial charge on any atom is -0.311 e. The first-order valence-corrected chi connectivity index (χ1v) is 7.91. The highest BCUT2D eigenvalue weighted by Crippen LogP contribution is 2.28. The number of nitrogens with zero attached hydrogens (tertiary/aromatic N) is 3. The molecule has 0 aliphatic carbocycles. The number of rotatable bonds is 2. The fourth-order valence-corrected chi connectivity index (χ4v) is 3.84. The number of thiazole rings is 1. The normalized spacial score (nSPS) is 13.9. The van der Waals surface area contributed by atoms with E-state index in [9.17, 15) is 4.79 Å². The molecule has 1 aliphatic heterocycles. The quantitative estimate of drug-likeness (QED) is 0.729. The predicted molar refractivity (Wildman–Crippen MR) is 84.0 cm³/mol. The number of para-hydroxylation sites is 1. The number of benzene rings is 1. The number of imidazole rings is 1. The lowest BCUT2D eigenvalue weighted by molar-refractivity contribution is -0.117. The van der Waals surface area contributed by atoms with Crippen molar-refractivity contribution in [1.29, 1.82) is 0 Å². The minimum atomic E-state index is 0.158. The number of carbonyl (C=O) groups is 1. The number of carbonyl (C=O) groups excluding carboxylic acids is 1. The molecule has 0 atom stereocenters. The van der Waals surface area contributed by atoms with Gasteiger partial charge in [-0.3, -0.25) is 9.20 Å². The lowest BCUT2D eigenvalue weighted by Gasteiger charge is -2.17. The topological polar surface area (TPSA) is 37.6 Å². The van der Waals surface area contributed by atoms with Gasteiger partial charge in [-0.15, -0.1) is 11.3 Å². The number of aromatic nitrogens is 2. The molecule has 0 radical (unpaired) electrons. The molecule has 106 valence electrons. The average molecular weight is 297 g/mol. The first-order chi connectivity index (χ1) is 10.2. The summed E-state index contributed by atoms with van der Waals surface area (Å²) in [5, 5.41) is 2.03. The van der Waals surface area contributed by atoms with Crippen molar-refractivity contribution in [1.82, 2.24) is 9.38 Å². The zero-order valence-electron chi connectivity index (χ0n) is 11.7. The average Bonchev–Trinajstić information content (AvgIpc) is 3.14. The Morgan fingerprint density at radius 1 is 1.38 bits per heavy atom. The van der Waals surface area contributed by atoms with Crippen LogP contribution < -0.4 is 4.90 Å². The molecule has 3 heterocycles. The van der Waals surface area contributed by atoms with Crippen LogP contribution in [0.5, 0.6) is 0 Å². The maximum Gasteiger partial charge on any atom is 0.232 e. The summed E-state index contributed by atoms with van der Waals surface area (Å²) in [7, 11) is 0. The van der Waals surface area contributed by atoms with Gasteiger partial charge in [-0.25, -0.2) is 4.98 Å². The number of hydrogen-bond donors (Lipinski definition) is 0. The summed E-state index contributed by atoms with van der Waals surface area (Å²) < 4.78 is 2.03. The Kier molecular flexibility index (Phi) is 2.82. The molecule has 5 heteroatoms. The summed E-state index contributed by atoms with van der Waals surface area (Å²) >= 11 is 1.59. The van der Waals surface area contributed by atoms with Crippen molar-refractivity contribution < 1.29 is 4.79 Å². The van der Waals surface area contributed by atoms with Crippen LogP contribution in [0.15, 0.2) is 35.8 Å². The molecule has 1 amide bonds. The molecule has 1 aliphatic rings. The van der Waals surface area contributed by atoms with E-state index < -0.39 is 0 Å². The van der Waals surface area contributed by atoms with Gasteiger partial charge in [0.25, 0.3) is 0 Å². The molecule has 4 rings (SSSR count). The first-order valence-electron chi connectivity index (χ1n) is 7.03. The van der Waals surface area contributed by atoms with Gasteiger partial charge in [0.1, 0.15) is 0 Å². The van der Waals surface area contributed by atoms with Gasteiger partial charge in [0.15, 0.2) is 4.96 Å². The molecule has 0 fully saturated rings. The largest absolute Gasteiger partial charge is 0.311 e. The zero-order valence-corrected chi connectivity index (χ0v) is 12.6. The van der Waals surface area contributed by atoms with Crippen molar-refractivity contribution in [2.75, 3.05) is 11.4 Å². The fraction of sp³-hybridized carbons (Fsp3) is 0.250. The molecule has 0 N–H and O–H groups in total. The van der Waals surface area contributed by atoms with Crippen LogP contribution in [0.3, 0.4) is 0 Å². The number of hydrogen-bond acceptors (Lipinski definition) is 3. The third-order valence-electron chi connectivity index (χ3n) is 3.92. The standard InChI is InChI=1S/C16H15N3OS/c1-11-9-19-13(10-21-16(19)17-11)8-15(20)18-7-6-12-4-2-3-5-14(12)18/h2-5,9-10H,6-8H2,1H3. The molecular formula is C16H15N3OS. The summed E-state index contributed by atoms with van der Waals surface area (Å²) in [6.07, 6.45) is 3.36. The monoisotopic (exact) mass is 297 g/mol. The van der Waals surface area contributed by atoms with Gasteiger partial charge in [-0.1, -0.05) is 18.2 Å². The Morgan fingerprint density at radius 2 is 2.24 bits per heavy atom. The molecule has 4 nitrogen and oxygen atoms in total. The van der Waals surface area contributed by atoms with Crippen LogP contribution in [0.2, 0.25) is 0 Å². The second-order valence-electron chi connectivity index (χ2n) is 5.36. The van der Waals surface area contributed by atoms with Crippen LogP contribution in [0, 0.1) is 6.92 Å². The van der Waals surface area contributed by atoms with Crippen LogP contribution in [0.1, 0.15) is 17.0 Å². The number of aryl methyl sites for hydroxylation is 1. The Morgan fingerprint density at radius 3 is 3.14 bits per heavy atom. The number of amides is 1. The Bertz CT molecular complexity index is 833. The minimum absolute atomic E-state index is 0.158. The molecule has 0 saturated carbocycles. The van der Waals surface area contributed by atoms with E-state index in [1.165, 1.54) is 5.56 Å². The number of anilines is 1. The molecule has 0 bridgehead atoms. The van der Waals surface area contributed by atoms with Gasteiger partial charge in [0.2, 0.25) is 5.91 Å². The second kappa shape index (κ2) is 4.70. The maximum absolute atomic E-state index is 12.6. The third-order valence-corrected chi connectivity index (χ3v) is 4.81. The van der Waals surface area contributed by atoms with Crippen molar-refractivity contribution in [2.24, 2.45) is 0 Å². The molecular weight excluding hydrogens is 282 g/mol. The highest BCUT2D eigenvalue weighted by molar-refractivity contribution is 7.15. The van der Waals surface area contributed by atoms with Crippen molar-refractivity contribution in [3.63, 3.8) is 0 Å². The van der Waals surface area contributed by atoms with Crippen LogP contribution in [0.25, 0.3) is 4.96 Å². The van der Waals surface area contributed by atoms with Crippen LogP contribution in [0.4, 0.5) is 5.69 Å². The van der Waals surface area contributed by atoms with Gasteiger partial charge in [-0.05, 0) is 25.0 Å². The van der Waals surface area contributed by atoms with Crippen molar-refractivity contribution in [3.8, 4) is 0 Å². The predicted octanol–water partition coefficient (Wildman–Crippen LogP) is 2.84. The highest BCUT2D eigenvalue weighted by atomic mass is 32.1. The molecule has 0 saturated heterocycles. The zero-order chi connectivity index (χ0) is 14.4. The summed E-state index contributed by atoms with van der Waals surface area (Å²) in [4.78, 5) is 19.9. The van der Waals surface area contributed by atoms with Crippen LogP contribution >= 0.6 is 11.3 Å². The maximum atomic E-state index is 12.6. The van der Waals surface area contributed by atoms with E-state index in [1.807, 2.05) is 46.0 Å². The van der Waals surface area contributed by atoms with E-state index in [2.05, 4.69) is 11.1 Å². The summed E-state index contributed by atoms with van der Waals surface area (Å²) in [6, 6.07) is 8.16. The van der Waals surface area contributed by atoms with Gasteiger partial charge >= 0.3 is 0 Å². The first kappa shape index (κ1) is 12.6. The SMILES string of the molecule is Cc1cn2c(CC(=O)N3CCc4ccccc43)csc2n1. The summed E-state index contributed by atoms with van der Waals surface area (Å²) in [6.45, 7) is 2.76. The molecule has 3 aromatic rings. The third kappa shape index (κ3) is 2.05. The van der Waals surface area contributed by atoms with E-state index in [0.29, 0.717) is 6.42 Å². The van der Waals surface area contributed by atoms with Gasteiger partial charge in [0.05, 0.1) is 12.1 Å². The van der Waals surface area contributed by atoms with E-state index >= 15 is 0 Å². The van der Waals surface area contributed by atoms with Crippen LogP contribution in [-0.4, -0.2) is 21.8 Å². The summed E-state index contributed by atoms with van der Waals surface area (Å²) in [5.41, 5.74) is 4.34. The van der Waals surface area contributed by atoms with Crippen molar-refractivity contribution in [2.45, 2.75) is 19.8 Å². The highest BCUT2D eigenvalue weighted by Gasteiger charge is 2.24. The smallest absolute Gasteiger partial charge is 0.232 e. The Hall–Kier alpha value is -2.14. The molecule has 0 unspecified atom stereocenters. The summed E-state index contributed by atoms with van der Waals surface area (Å²) in [5.74, 6) is 0.158. The van der Waals surface area contributed by atoms with Gasteiger partial charge < -0.3 is 4.90 Å². The lowest BCUT2D eigenvalue weighted by Crippen LogP contribution is -2.30. The van der Waals surface area contributed by atoms with E-state index in [1.54, 1.807) is 11.3 Å². The Labute approximate surface area is 126 Å². The Balaban J connectivity index is 1.62. The molecule has 1 aromatic carbocycles. The van der Waals surface area contributed by atoms with E-state index in [-0.39, 0.29) is 5.91 Å². The molecule has 21 heavy (non-hydrogen) atoms. The number of fused-ring (bicyclic) bond motifs is 2. The second-order valence-corrected chi connectivity index (χ2v) is 6.20. The van der Waals surface area contributed by atoms with Crippen molar-refractivity contribution >= 4 is 27.9 Å². The van der Waals surface area contributed by atoms with Gasteiger partial charge in [0, 0.05) is 29.5 Å². The molecule has 0 spiro atoms.